The highest BCUT2D eigenvalue weighted by molar-refractivity contribution is 6.01. The smallest absolute Gasteiger partial charge is 0.266 e. The summed E-state index contributed by atoms with van der Waals surface area (Å²) in [4.78, 5) is 25.7. The first-order valence-electron chi connectivity index (χ1n) is 10.8. The molecule has 0 spiro atoms. The number of ether oxygens (including phenoxy) is 1. The van der Waals surface area contributed by atoms with Crippen LogP contribution in [0, 0.1) is 12.7 Å². The van der Waals surface area contributed by atoms with E-state index in [4.69, 9.17) is 4.74 Å². The normalized spacial score (nSPS) is 17.0. The first-order valence-corrected chi connectivity index (χ1v) is 10.8. The molecule has 176 valence electrons. The lowest BCUT2D eigenvalue weighted by atomic mass is 10.0. The Hall–Kier alpha value is -3.14. The van der Waals surface area contributed by atoms with Crippen LogP contribution in [0.25, 0.3) is 6.08 Å². The zero-order valence-electron chi connectivity index (χ0n) is 18.7. The van der Waals surface area contributed by atoms with Crippen LogP contribution >= 0.6 is 0 Å². The van der Waals surface area contributed by atoms with Crippen molar-refractivity contribution in [3.63, 3.8) is 0 Å². The minimum atomic E-state index is -2.91. The summed E-state index contributed by atoms with van der Waals surface area (Å²) >= 11 is 0. The van der Waals surface area contributed by atoms with Gasteiger partial charge in [-0.2, -0.15) is 0 Å². The summed E-state index contributed by atoms with van der Waals surface area (Å²) < 4.78 is 46.3. The van der Waals surface area contributed by atoms with E-state index >= 15 is 0 Å². The van der Waals surface area contributed by atoms with Crippen molar-refractivity contribution in [2.45, 2.75) is 26.3 Å². The average Bonchev–Trinajstić information content (AvgIpc) is 2.79. The fourth-order valence-corrected chi connectivity index (χ4v) is 4.10. The number of halogens is 3. The van der Waals surface area contributed by atoms with Crippen molar-refractivity contribution in [2.24, 2.45) is 0 Å². The summed E-state index contributed by atoms with van der Waals surface area (Å²) in [5.74, 6) is 0.519. The SMILES string of the molecule is Cc1nc(N[C@H](C)c2cccc(C(F)F)c2F)c2c(n1)N(C)CC(C(=O)N1CCOCC1)=C2. The molecule has 2 aromatic rings. The minimum Gasteiger partial charge on any atom is -0.378 e. The number of aromatic nitrogens is 2. The molecule has 1 fully saturated rings. The third-order valence-corrected chi connectivity index (χ3v) is 5.81. The van der Waals surface area contributed by atoms with Crippen molar-refractivity contribution in [3.8, 4) is 0 Å². The summed E-state index contributed by atoms with van der Waals surface area (Å²) in [6.07, 6.45) is -1.15. The van der Waals surface area contributed by atoms with Crippen LogP contribution in [0.2, 0.25) is 0 Å². The molecule has 0 radical (unpaired) electrons. The van der Waals surface area contributed by atoms with Crippen molar-refractivity contribution >= 4 is 23.6 Å². The van der Waals surface area contributed by atoms with E-state index < -0.39 is 23.8 Å². The number of carbonyl (C=O) groups excluding carboxylic acids is 1. The number of carbonyl (C=O) groups is 1. The Labute approximate surface area is 190 Å². The van der Waals surface area contributed by atoms with Crippen LogP contribution in [0.15, 0.2) is 23.8 Å². The van der Waals surface area contributed by atoms with Gasteiger partial charge >= 0.3 is 0 Å². The van der Waals surface area contributed by atoms with E-state index in [2.05, 4.69) is 15.3 Å². The Bertz CT molecular complexity index is 1090. The van der Waals surface area contributed by atoms with Gasteiger partial charge in [-0.1, -0.05) is 18.2 Å². The van der Waals surface area contributed by atoms with Crippen LogP contribution in [0.5, 0.6) is 0 Å². The Balaban J connectivity index is 1.68. The molecule has 7 nitrogen and oxygen atoms in total. The Morgan fingerprint density at radius 1 is 1.18 bits per heavy atom. The molecule has 0 unspecified atom stereocenters. The van der Waals surface area contributed by atoms with Crippen molar-refractivity contribution in [2.75, 3.05) is 50.1 Å². The number of hydrogen-bond donors (Lipinski definition) is 1. The van der Waals surface area contributed by atoms with E-state index in [0.29, 0.717) is 61.4 Å². The maximum Gasteiger partial charge on any atom is 0.266 e. The second-order valence-electron chi connectivity index (χ2n) is 8.20. The molecule has 4 rings (SSSR count). The fourth-order valence-electron chi connectivity index (χ4n) is 4.10. The van der Waals surface area contributed by atoms with Crippen molar-refractivity contribution < 1.29 is 22.7 Å². The number of rotatable bonds is 5. The summed E-state index contributed by atoms with van der Waals surface area (Å²) in [7, 11) is 1.84. The zero-order valence-corrected chi connectivity index (χ0v) is 18.7. The van der Waals surface area contributed by atoms with Gasteiger partial charge in [0.15, 0.2) is 0 Å². The number of fused-ring (bicyclic) bond motifs is 1. The predicted molar refractivity (Wildman–Crippen MR) is 119 cm³/mol. The molecule has 1 atom stereocenters. The first kappa shape index (κ1) is 23.0. The second kappa shape index (κ2) is 9.38. The first-order chi connectivity index (χ1) is 15.8. The topological polar surface area (TPSA) is 70.6 Å². The number of morpholine rings is 1. The third kappa shape index (κ3) is 4.66. The van der Waals surface area contributed by atoms with E-state index in [9.17, 15) is 18.0 Å². The van der Waals surface area contributed by atoms with E-state index in [0.717, 1.165) is 6.07 Å². The van der Waals surface area contributed by atoms with E-state index in [-0.39, 0.29) is 11.5 Å². The molecule has 33 heavy (non-hydrogen) atoms. The third-order valence-electron chi connectivity index (χ3n) is 5.81. The molecule has 1 aromatic heterocycles. The molecule has 1 aromatic carbocycles. The second-order valence-corrected chi connectivity index (χ2v) is 8.20. The monoisotopic (exact) mass is 461 g/mol. The summed E-state index contributed by atoms with van der Waals surface area (Å²) in [5.41, 5.74) is 0.653. The van der Waals surface area contributed by atoms with Gasteiger partial charge in [0, 0.05) is 37.8 Å². The van der Waals surface area contributed by atoms with Crippen LogP contribution in [0.4, 0.5) is 24.8 Å². The molecular formula is C23H26F3N5O2. The Kier molecular flexibility index (Phi) is 6.55. The molecule has 2 aliphatic rings. The molecular weight excluding hydrogens is 435 g/mol. The van der Waals surface area contributed by atoms with Crippen LogP contribution in [-0.4, -0.2) is 60.7 Å². The number of alkyl halides is 2. The van der Waals surface area contributed by atoms with Crippen LogP contribution < -0.4 is 10.2 Å². The van der Waals surface area contributed by atoms with E-state index in [1.807, 2.05) is 11.9 Å². The summed E-state index contributed by atoms with van der Waals surface area (Å²) in [6, 6.07) is 3.30. The molecule has 0 aliphatic carbocycles. The molecule has 10 heteroatoms. The van der Waals surface area contributed by atoms with Gasteiger partial charge in [-0.25, -0.2) is 23.1 Å². The molecule has 1 N–H and O–H groups in total. The molecule has 0 saturated carbocycles. The van der Waals surface area contributed by atoms with Gasteiger partial charge in [-0.15, -0.1) is 0 Å². The number of anilines is 2. The molecule has 1 amide bonds. The van der Waals surface area contributed by atoms with Gasteiger partial charge in [-0.3, -0.25) is 4.79 Å². The fraction of sp³-hybridized carbons (Fsp3) is 0.435. The predicted octanol–water partition coefficient (Wildman–Crippen LogP) is 3.73. The quantitative estimate of drug-likeness (QED) is 0.732. The van der Waals surface area contributed by atoms with E-state index in [1.54, 1.807) is 24.8 Å². The van der Waals surface area contributed by atoms with Gasteiger partial charge in [-0.05, 0) is 19.9 Å². The van der Waals surface area contributed by atoms with Gasteiger partial charge in [0.25, 0.3) is 12.3 Å². The lowest BCUT2D eigenvalue weighted by Gasteiger charge is -2.32. The van der Waals surface area contributed by atoms with Gasteiger partial charge in [0.2, 0.25) is 0 Å². The number of benzene rings is 1. The highest BCUT2D eigenvalue weighted by Crippen LogP contribution is 2.34. The van der Waals surface area contributed by atoms with Gasteiger partial charge in [0.1, 0.15) is 23.3 Å². The van der Waals surface area contributed by atoms with Gasteiger partial charge < -0.3 is 19.9 Å². The Morgan fingerprint density at radius 3 is 2.58 bits per heavy atom. The number of likely N-dealkylation sites (N-methyl/N-ethyl adjacent to an activating group) is 1. The average molecular weight is 461 g/mol. The van der Waals surface area contributed by atoms with E-state index in [1.165, 1.54) is 12.1 Å². The minimum absolute atomic E-state index is 0.0777. The lowest BCUT2D eigenvalue weighted by molar-refractivity contribution is -0.131. The number of aryl methyl sites for hydroxylation is 1. The molecule has 2 aliphatic heterocycles. The number of hydrogen-bond acceptors (Lipinski definition) is 6. The van der Waals surface area contributed by atoms with Crippen molar-refractivity contribution in [1.29, 1.82) is 0 Å². The Morgan fingerprint density at radius 2 is 1.88 bits per heavy atom. The van der Waals surface area contributed by atoms with Crippen LogP contribution in [0.3, 0.4) is 0 Å². The van der Waals surface area contributed by atoms with Gasteiger partial charge in [0.05, 0.1) is 30.4 Å². The summed E-state index contributed by atoms with van der Waals surface area (Å²) in [5, 5.41) is 3.14. The lowest BCUT2D eigenvalue weighted by Crippen LogP contribution is -2.43. The standard InChI is InChI=1S/C23H26F3N5O2/c1-13(16-5-4-6-17(19(16)24)20(25)26)27-21-18-11-15(23(32)31-7-9-33-10-8-31)12-30(3)22(18)29-14(2)28-21/h4-6,11,13,20H,7-10,12H2,1-3H3,(H,27,28,29)/t13-/m1/s1. The largest absolute Gasteiger partial charge is 0.378 e. The maximum absolute atomic E-state index is 14.7. The van der Waals surface area contributed by atoms with Crippen LogP contribution in [0.1, 0.15) is 41.9 Å². The molecule has 1 saturated heterocycles. The number of amides is 1. The zero-order chi connectivity index (χ0) is 23.7. The maximum atomic E-state index is 14.7. The van der Waals surface area contributed by atoms with Crippen LogP contribution in [-0.2, 0) is 9.53 Å². The highest BCUT2D eigenvalue weighted by atomic mass is 19.3. The van der Waals surface area contributed by atoms with Crippen molar-refractivity contribution in [3.05, 3.63) is 52.1 Å². The molecule has 3 heterocycles. The van der Waals surface area contributed by atoms with Crippen molar-refractivity contribution in [1.82, 2.24) is 14.9 Å². The molecule has 0 bridgehead atoms. The number of nitrogens with zero attached hydrogens (tertiary/aromatic N) is 4. The number of nitrogens with one attached hydrogen (secondary N) is 1. The summed E-state index contributed by atoms with van der Waals surface area (Å²) in [6.45, 7) is 5.86. The highest BCUT2D eigenvalue weighted by Gasteiger charge is 2.28.